The Morgan fingerprint density at radius 1 is 1.20 bits per heavy atom. The quantitative estimate of drug-likeness (QED) is 0.720. The summed E-state index contributed by atoms with van der Waals surface area (Å²) >= 11 is 12.2. The Kier molecular flexibility index (Phi) is 3.42. The minimum absolute atomic E-state index is 0.553. The summed E-state index contributed by atoms with van der Waals surface area (Å²) in [5.74, 6) is 0.676. The second-order valence-corrected chi connectivity index (χ2v) is 5.09. The number of halogens is 2. The molecule has 100 valence electrons. The third-order valence-corrected chi connectivity index (χ3v) is 3.41. The molecule has 0 N–H and O–H groups in total. The molecular weight excluding hydrogens is 295 g/mol. The van der Waals surface area contributed by atoms with Crippen LogP contribution in [0.5, 0.6) is 0 Å². The van der Waals surface area contributed by atoms with Crippen molar-refractivity contribution in [2.24, 2.45) is 0 Å². The zero-order valence-corrected chi connectivity index (χ0v) is 12.1. The van der Waals surface area contributed by atoms with Crippen LogP contribution in [0.4, 0.5) is 0 Å². The fraction of sp³-hybridized carbons (Fsp3) is 0.0714. The van der Waals surface area contributed by atoms with Crippen LogP contribution >= 0.6 is 23.2 Å². The molecule has 2 aromatic heterocycles. The summed E-state index contributed by atoms with van der Waals surface area (Å²) < 4.78 is 1.85. The molecule has 1 aromatic carbocycles. The third kappa shape index (κ3) is 2.40. The van der Waals surface area contributed by atoms with Crippen LogP contribution in [-0.4, -0.2) is 19.5 Å². The molecule has 3 aromatic rings. The molecule has 20 heavy (non-hydrogen) atoms. The fourth-order valence-corrected chi connectivity index (χ4v) is 2.43. The normalized spacial score (nSPS) is 10.8. The number of aryl methyl sites for hydroxylation is 1. The first-order chi connectivity index (χ1) is 9.65. The van der Waals surface area contributed by atoms with Gasteiger partial charge in [0, 0.05) is 23.0 Å². The molecule has 3 rings (SSSR count). The number of imidazole rings is 1. The lowest BCUT2D eigenvalue weighted by Gasteiger charge is -2.11. The van der Waals surface area contributed by atoms with Gasteiger partial charge >= 0.3 is 0 Å². The average Bonchev–Trinajstić information content (AvgIpc) is 2.92. The van der Waals surface area contributed by atoms with Gasteiger partial charge in [-0.25, -0.2) is 15.0 Å². The minimum Gasteiger partial charge on any atom is -0.303 e. The molecule has 0 radical (unpaired) electrons. The Bertz CT molecular complexity index is 754. The van der Waals surface area contributed by atoms with Crippen molar-refractivity contribution in [2.75, 3.05) is 0 Å². The summed E-state index contributed by atoms with van der Waals surface area (Å²) in [6, 6.07) is 5.35. The van der Waals surface area contributed by atoms with Gasteiger partial charge in [-0.3, -0.25) is 0 Å². The van der Waals surface area contributed by atoms with Gasteiger partial charge in [-0.1, -0.05) is 23.2 Å². The minimum atomic E-state index is 0.553. The van der Waals surface area contributed by atoms with Gasteiger partial charge in [0.1, 0.15) is 5.82 Å². The summed E-state index contributed by atoms with van der Waals surface area (Å²) in [5, 5.41) is 1.14. The molecular formula is C14H10Cl2N4. The smallest absolute Gasteiger partial charge is 0.126 e. The van der Waals surface area contributed by atoms with Crippen molar-refractivity contribution in [3.05, 3.63) is 59.0 Å². The Balaban J connectivity index is 2.24. The van der Waals surface area contributed by atoms with Gasteiger partial charge in [-0.05, 0) is 25.1 Å². The van der Waals surface area contributed by atoms with Gasteiger partial charge in [0.25, 0.3) is 0 Å². The number of nitrogens with zero attached hydrogens (tertiary/aromatic N) is 4. The Morgan fingerprint density at radius 2 is 2.05 bits per heavy atom. The molecule has 0 saturated heterocycles. The second-order valence-electron chi connectivity index (χ2n) is 4.25. The van der Waals surface area contributed by atoms with Crippen molar-refractivity contribution >= 4 is 23.2 Å². The van der Waals surface area contributed by atoms with E-state index in [1.807, 2.05) is 23.8 Å². The topological polar surface area (TPSA) is 43.6 Å². The second kappa shape index (κ2) is 5.23. The first kappa shape index (κ1) is 13.1. The number of rotatable bonds is 2. The number of hydrogen-bond acceptors (Lipinski definition) is 3. The van der Waals surface area contributed by atoms with Crippen molar-refractivity contribution in [3.63, 3.8) is 0 Å². The molecule has 0 fully saturated rings. The van der Waals surface area contributed by atoms with Gasteiger partial charge in [-0.2, -0.15) is 0 Å². The fourth-order valence-electron chi connectivity index (χ4n) is 1.93. The number of aromatic nitrogens is 4. The lowest BCUT2D eigenvalue weighted by Crippen LogP contribution is -2.01. The van der Waals surface area contributed by atoms with E-state index in [9.17, 15) is 0 Å². The Morgan fingerprint density at radius 3 is 2.75 bits per heavy atom. The molecule has 0 amide bonds. The predicted molar refractivity (Wildman–Crippen MR) is 79.3 cm³/mol. The van der Waals surface area contributed by atoms with E-state index in [0.29, 0.717) is 15.9 Å². The van der Waals surface area contributed by atoms with Gasteiger partial charge in [0.05, 0.1) is 28.9 Å². The Labute approximate surface area is 126 Å². The van der Waals surface area contributed by atoms with Gasteiger partial charge in [-0.15, -0.1) is 0 Å². The van der Waals surface area contributed by atoms with Gasteiger partial charge in [0.15, 0.2) is 0 Å². The average molecular weight is 305 g/mol. The molecule has 0 spiro atoms. The zero-order chi connectivity index (χ0) is 14.1. The molecule has 0 aliphatic heterocycles. The largest absolute Gasteiger partial charge is 0.303 e. The van der Waals surface area contributed by atoms with Crippen LogP contribution in [0.1, 0.15) is 5.82 Å². The van der Waals surface area contributed by atoms with Crippen molar-refractivity contribution in [3.8, 4) is 16.9 Å². The van der Waals surface area contributed by atoms with E-state index in [1.165, 1.54) is 0 Å². The highest BCUT2D eigenvalue weighted by Gasteiger charge is 2.13. The third-order valence-electron chi connectivity index (χ3n) is 2.86. The summed E-state index contributed by atoms with van der Waals surface area (Å²) in [7, 11) is 0. The highest BCUT2D eigenvalue weighted by atomic mass is 35.5. The zero-order valence-electron chi connectivity index (χ0n) is 10.6. The van der Waals surface area contributed by atoms with E-state index in [-0.39, 0.29) is 0 Å². The van der Waals surface area contributed by atoms with E-state index in [0.717, 1.165) is 16.9 Å². The van der Waals surface area contributed by atoms with Gasteiger partial charge in [0.2, 0.25) is 0 Å². The van der Waals surface area contributed by atoms with Crippen molar-refractivity contribution in [2.45, 2.75) is 6.92 Å². The van der Waals surface area contributed by atoms with E-state index in [2.05, 4.69) is 15.0 Å². The lowest BCUT2D eigenvalue weighted by atomic mass is 10.1. The number of hydrogen-bond donors (Lipinski definition) is 0. The van der Waals surface area contributed by atoms with E-state index in [4.69, 9.17) is 23.2 Å². The van der Waals surface area contributed by atoms with Crippen LogP contribution in [0, 0.1) is 6.92 Å². The first-order valence-electron chi connectivity index (χ1n) is 5.92. The van der Waals surface area contributed by atoms with Crippen LogP contribution in [-0.2, 0) is 0 Å². The molecule has 6 heteroatoms. The van der Waals surface area contributed by atoms with Crippen LogP contribution in [0.2, 0.25) is 10.0 Å². The Hall–Kier alpha value is -1.91. The molecule has 4 nitrogen and oxygen atoms in total. The molecule has 0 aliphatic rings. The van der Waals surface area contributed by atoms with Crippen molar-refractivity contribution in [1.29, 1.82) is 0 Å². The van der Waals surface area contributed by atoms with E-state index < -0.39 is 0 Å². The highest BCUT2D eigenvalue weighted by Crippen LogP contribution is 2.32. The monoisotopic (exact) mass is 304 g/mol. The van der Waals surface area contributed by atoms with Crippen molar-refractivity contribution < 1.29 is 0 Å². The lowest BCUT2D eigenvalue weighted by molar-refractivity contribution is 0.978. The maximum atomic E-state index is 6.28. The molecule has 0 unspecified atom stereocenters. The maximum absolute atomic E-state index is 6.28. The van der Waals surface area contributed by atoms with E-state index in [1.54, 1.807) is 30.9 Å². The van der Waals surface area contributed by atoms with Crippen molar-refractivity contribution in [1.82, 2.24) is 19.5 Å². The molecule has 2 heterocycles. The standard InChI is InChI=1S/C14H10Cl2N4/c1-9-18-7-13(20-5-4-17-8-20)14(19-9)11-3-2-10(15)6-12(11)16/h2-8H,1H3. The molecule has 0 saturated carbocycles. The van der Waals surface area contributed by atoms with Crippen LogP contribution in [0.15, 0.2) is 43.1 Å². The first-order valence-corrected chi connectivity index (χ1v) is 6.68. The maximum Gasteiger partial charge on any atom is 0.126 e. The molecule has 0 bridgehead atoms. The summed E-state index contributed by atoms with van der Waals surface area (Å²) in [5.41, 5.74) is 2.37. The van der Waals surface area contributed by atoms with Crippen LogP contribution < -0.4 is 0 Å². The molecule has 0 atom stereocenters. The number of benzene rings is 1. The highest BCUT2D eigenvalue weighted by molar-refractivity contribution is 6.36. The summed E-state index contributed by atoms with van der Waals surface area (Å²) in [4.78, 5) is 12.8. The predicted octanol–water partition coefficient (Wildman–Crippen LogP) is 3.94. The summed E-state index contributed by atoms with van der Waals surface area (Å²) in [6.45, 7) is 1.84. The van der Waals surface area contributed by atoms with E-state index >= 15 is 0 Å². The van der Waals surface area contributed by atoms with Gasteiger partial charge < -0.3 is 4.57 Å². The van der Waals surface area contributed by atoms with Crippen LogP contribution in [0.3, 0.4) is 0 Å². The SMILES string of the molecule is Cc1ncc(-n2ccnc2)c(-c2ccc(Cl)cc2Cl)n1. The summed E-state index contributed by atoms with van der Waals surface area (Å²) in [6.07, 6.45) is 6.99. The van der Waals surface area contributed by atoms with Crippen LogP contribution in [0.25, 0.3) is 16.9 Å². The molecule has 0 aliphatic carbocycles.